The Balaban J connectivity index is 0.00000180. The second-order valence-electron chi connectivity index (χ2n) is 3.71. The van der Waals surface area contributed by atoms with E-state index in [0.29, 0.717) is 12.1 Å². The lowest BCUT2D eigenvalue weighted by atomic mass is 10.1. The van der Waals surface area contributed by atoms with Gasteiger partial charge in [-0.3, -0.25) is 11.3 Å². The van der Waals surface area contributed by atoms with Crippen molar-refractivity contribution in [2.45, 2.75) is 12.7 Å². The van der Waals surface area contributed by atoms with Crippen molar-refractivity contribution in [2.75, 3.05) is 0 Å². The fourth-order valence-corrected chi connectivity index (χ4v) is 1.51. The maximum Gasteiger partial charge on any atom is 0.434 e. The maximum atomic E-state index is 12.4. The minimum atomic E-state index is -4.43. The molecule has 2 aromatic rings. The molecule has 104 valence electrons. The van der Waals surface area contributed by atoms with Crippen molar-refractivity contribution < 1.29 is 13.2 Å². The molecule has 0 aliphatic rings. The predicted molar refractivity (Wildman–Crippen MR) is 67.3 cm³/mol. The molecule has 4 N–H and O–H groups in total. The van der Waals surface area contributed by atoms with Gasteiger partial charge >= 0.3 is 6.18 Å². The van der Waals surface area contributed by atoms with Gasteiger partial charge in [0.25, 0.3) is 0 Å². The fourth-order valence-electron chi connectivity index (χ4n) is 1.51. The van der Waals surface area contributed by atoms with Crippen LogP contribution in [0, 0.1) is 0 Å². The number of hydrogen-bond acceptors (Lipinski definition) is 3. The molecule has 0 saturated carbocycles. The van der Waals surface area contributed by atoms with Crippen molar-refractivity contribution in [1.29, 1.82) is 0 Å². The van der Waals surface area contributed by atoms with Gasteiger partial charge < -0.3 is 4.98 Å². The third-order valence-electron chi connectivity index (χ3n) is 2.40. The van der Waals surface area contributed by atoms with E-state index in [0.717, 1.165) is 11.8 Å². The second kappa shape index (κ2) is 6.05. The minimum Gasteiger partial charge on any atom is -0.344 e. The Bertz CT molecular complexity index is 521. The quantitative estimate of drug-likeness (QED) is 0.601. The zero-order valence-corrected chi connectivity index (χ0v) is 10.5. The molecule has 1 heterocycles. The first-order valence-electron chi connectivity index (χ1n) is 5.16. The third kappa shape index (κ3) is 3.69. The molecule has 1 aromatic heterocycles. The van der Waals surface area contributed by atoms with Crippen LogP contribution in [0.25, 0.3) is 11.4 Å². The van der Waals surface area contributed by atoms with E-state index in [9.17, 15) is 13.2 Å². The van der Waals surface area contributed by atoms with E-state index in [1.54, 1.807) is 24.3 Å². The van der Waals surface area contributed by atoms with Crippen molar-refractivity contribution in [1.82, 2.24) is 15.4 Å². The number of nitrogens with zero attached hydrogens (tertiary/aromatic N) is 1. The van der Waals surface area contributed by atoms with Crippen LogP contribution < -0.4 is 11.3 Å². The van der Waals surface area contributed by atoms with Crippen LogP contribution in [0.3, 0.4) is 0 Å². The van der Waals surface area contributed by atoms with E-state index in [1.165, 1.54) is 0 Å². The Morgan fingerprint density at radius 2 is 1.84 bits per heavy atom. The zero-order chi connectivity index (χ0) is 13.2. The van der Waals surface area contributed by atoms with Gasteiger partial charge in [0.15, 0.2) is 5.69 Å². The summed E-state index contributed by atoms with van der Waals surface area (Å²) in [6.07, 6.45) is -3.58. The van der Waals surface area contributed by atoms with Crippen LogP contribution >= 0.6 is 12.4 Å². The average molecular weight is 293 g/mol. The van der Waals surface area contributed by atoms with Gasteiger partial charge in [-0.1, -0.05) is 24.3 Å². The topological polar surface area (TPSA) is 66.7 Å². The molecule has 19 heavy (non-hydrogen) atoms. The van der Waals surface area contributed by atoms with Crippen molar-refractivity contribution in [3.05, 3.63) is 41.7 Å². The summed E-state index contributed by atoms with van der Waals surface area (Å²) < 4.78 is 37.1. The van der Waals surface area contributed by atoms with Gasteiger partial charge in [-0.15, -0.1) is 12.4 Å². The molecule has 2 rings (SSSR count). The predicted octanol–water partition coefficient (Wildman–Crippen LogP) is 2.48. The highest BCUT2D eigenvalue weighted by Crippen LogP contribution is 2.29. The Labute approximate surface area is 113 Å². The lowest BCUT2D eigenvalue weighted by Gasteiger charge is -2.02. The normalized spacial score (nSPS) is 11.2. The van der Waals surface area contributed by atoms with Gasteiger partial charge in [-0.25, -0.2) is 4.98 Å². The summed E-state index contributed by atoms with van der Waals surface area (Å²) in [5, 5.41) is 0. The van der Waals surface area contributed by atoms with Gasteiger partial charge in [0, 0.05) is 18.3 Å². The van der Waals surface area contributed by atoms with Crippen LogP contribution in [-0.2, 0) is 12.7 Å². The van der Waals surface area contributed by atoms with E-state index in [2.05, 4.69) is 15.4 Å². The standard InChI is InChI=1S/C11H11F3N4.ClH/c12-11(13,14)9-6-16-10(18-9)8-3-1-7(2-4-8)5-17-15;/h1-4,6,17H,5,15H2,(H,16,18);1H. The molecule has 0 unspecified atom stereocenters. The number of H-pyrrole nitrogens is 1. The molecular formula is C11H12ClF3N4. The number of hydrazine groups is 1. The number of aromatic nitrogens is 2. The lowest BCUT2D eigenvalue weighted by Crippen LogP contribution is -2.20. The van der Waals surface area contributed by atoms with Crippen molar-refractivity contribution >= 4 is 12.4 Å². The molecule has 0 saturated heterocycles. The second-order valence-corrected chi connectivity index (χ2v) is 3.71. The highest BCUT2D eigenvalue weighted by atomic mass is 35.5. The highest BCUT2D eigenvalue weighted by molar-refractivity contribution is 5.85. The molecule has 0 fully saturated rings. The number of halogens is 4. The summed E-state index contributed by atoms with van der Waals surface area (Å²) >= 11 is 0. The van der Waals surface area contributed by atoms with Crippen molar-refractivity contribution in [2.24, 2.45) is 5.84 Å². The monoisotopic (exact) mass is 292 g/mol. The van der Waals surface area contributed by atoms with E-state index >= 15 is 0 Å². The maximum absolute atomic E-state index is 12.4. The SMILES string of the molecule is Cl.NNCc1ccc(-c2nc(C(F)(F)F)c[nH]2)cc1. The van der Waals surface area contributed by atoms with Crippen LogP contribution in [-0.4, -0.2) is 9.97 Å². The van der Waals surface area contributed by atoms with Gasteiger partial charge in [-0.2, -0.15) is 13.2 Å². The summed E-state index contributed by atoms with van der Waals surface area (Å²) in [6, 6.07) is 6.91. The number of nitrogens with one attached hydrogen (secondary N) is 2. The molecular weight excluding hydrogens is 281 g/mol. The molecule has 4 nitrogen and oxygen atoms in total. The van der Waals surface area contributed by atoms with Crippen molar-refractivity contribution in [3.63, 3.8) is 0 Å². The van der Waals surface area contributed by atoms with Gasteiger partial charge in [-0.05, 0) is 5.56 Å². The average Bonchev–Trinajstić information content (AvgIpc) is 2.79. The van der Waals surface area contributed by atoms with E-state index in [4.69, 9.17) is 5.84 Å². The van der Waals surface area contributed by atoms with Crippen LogP contribution in [0.4, 0.5) is 13.2 Å². The molecule has 0 spiro atoms. The summed E-state index contributed by atoms with van der Waals surface area (Å²) in [4.78, 5) is 6.02. The molecule has 1 aromatic carbocycles. The van der Waals surface area contributed by atoms with E-state index < -0.39 is 11.9 Å². The van der Waals surface area contributed by atoms with Crippen LogP contribution in [0.15, 0.2) is 30.5 Å². The van der Waals surface area contributed by atoms with Gasteiger partial charge in [0.05, 0.1) is 0 Å². The fraction of sp³-hybridized carbons (Fsp3) is 0.182. The Kier molecular flexibility index (Phi) is 4.93. The number of hydrogen-bond donors (Lipinski definition) is 3. The number of aromatic amines is 1. The number of benzene rings is 1. The first kappa shape index (κ1) is 15.5. The zero-order valence-electron chi connectivity index (χ0n) is 9.66. The molecule has 0 aliphatic carbocycles. The summed E-state index contributed by atoms with van der Waals surface area (Å²) in [7, 11) is 0. The Hall–Kier alpha value is -1.57. The molecule has 8 heteroatoms. The van der Waals surface area contributed by atoms with Crippen LogP contribution in [0.1, 0.15) is 11.3 Å². The summed E-state index contributed by atoms with van der Waals surface area (Å²) in [5.74, 6) is 5.36. The molecule has 0 aliphatic heterocycles. The van der Waals surface area contributed by atoms with Crippen LogP contribution in [0.5, 0.6) is 0 Å². The van der Waals surface area contributed by atoms with Crippen molar-refractivity contribution in [3.8, 4) is 11.4 Å². The first-order chi connectivity index (χ1) is 8.50. The molecule has 0 radical (unpaired) electrons. The minimum absolute atomic E-state index is 0. The molecule has 0 atom stereocenters. The first-order valence-corrected chi connectivity index (χ1v) is 5.16. The Morgan fingerprint density at radius 1 is 1.21 bits per heavy atom. The molecule has 0 amide bonds. The van der Waals surface area contributed by atoms with Gasteiger partial charge in [0.2, 0.25) is 0 Å². The summed E-state index contributed by atoms with van der Waals surface area (Å²) in [6.45, 7) is 0.492. The number of alkyl halides is 3. The number of nitrogens with two attached hydrogens (primary N) is 1. The van der Waals surface area contributed by atoms with E-state index in [-0.39, 0.29) is 18.2 Å². The highest BCUT2D eigenvalue weighted by Gasteiger charge is 2.33. The number of rotatable bonds is 3. The third-order valence-corrected chi connectivity index (χ3v) is 2.40. The molecule has 0 bridgehead atoms. The van der Waals surface area contributed by atoms with Crippen LogP contribution in [0.2, 0.25) is 0 Å². The smallest absolute Gasteiger partial charge is 0.344 e. The Morgan fingerprint density at radius 3 is 2.32 bits per heavy atom. The lowest BCUT2D eigenvalue weighted by molar-refractivity contribution is -0.140. The van der Waals surface area contributed by atoms with Gasteiger partial charge in [0.1, 0.15) is 5.82 Å². The number of imidazole rings is 1. The summed E-state index contributed by atoms with van der Waals surface area (Å²) in [5.41, 5.74) is 3.09. The van der Waals surface area contributed by atoms with E-state index in [1.807, 2.05) is 0 Å². The largest absolute Gasteiger partial charge is 0.434 e.